The molecule has 2 atom stereocenters. The van der Waals surface area contributed by atoms with Crippen molar-refractivity contribution < 1.29 is 18.9 Å². The van der Waals surface area contributed by atoms with E-state index in [9.17, 15) is 0 Å². The fraction of sp³-hybridized carbons (Fsp3) is 1.00. The predicted molar refractivity (Wildman–Crippen MR) is 52.0 cm³/mol. The van der Waals surface area contributed by atoms with E-state index in [1.165, 1.54) is 0 Å². The van der Waals surface area contributed by atoms with E-state index in [2.05, 4.69) is 13.8 Å². The van der Waals surface area contributed by atoms with E-state index in [4.69, 9.17) is 18.9 Å². The van der Waals surface area contributed by atoms with Gasteiger partial charge in [0.1, 0.15) is 0 Å². The summed E-state index contributed by atoms with van der Waals surface area (Å²) in [6.45, 7) is 6.55. The molecule has 2 unspecified atom stereocenters. The molecule has 0 bridgehead atoms. The van der Waals surface area contributed by atoms with E-state index in [1.54, 1.807) is 0 Å². The first kappa shape index (κ1) is 11.9. The van der Waals surface area contributed by atoms with Crippen LogP contribution in [0, 0.1) is 0 Å². The van der Waals surface area contributed by atoms with Gasteiger partial charge in [0.15, 0.2) is 12.6 Å². The Balaban J connectivity index is 2.14. The summed E-state index contributed by atoms with van der Waals surface area (Å²) in [5, 5.41) is 0. The van der Waals surface area contributed by atoms with Gasteiger partial charge in [-0.1, -0.05) is 13.8 Å². The van der Waals surface area contributed by atoms with E-state index < -0.39 is 0 Å². The standard InChI is InChI=1S/C10H20O4/c1-3-5-12-9-7-11-8-10(14-9)13-6-4-2/h9-10H,3-8H2,1-2H3. The molecule has 0 saturated carbocycles. The summed E-state index contributed by atoms with van der Waals surface area (Å²) in [5.41, 5.74) is 0. The maximum absolute atomic E-state index is 5.52. The lowest BCUT2D eigenvalue weighted by molar-refractivity contribution is -0.306. The molecular weight excluding hydrogens is 184 g/mol. The molecule has 1 saturated heterocycles. The minimum absolute atomic E-state index is 0.259. The summed E-state index contributed by atoms with van der Waals surface area (Å²) >= 11 is 0. The normalized spacial score (nSPS) is 27.9. The molecule has 0 aromatic rings. The van der Waals surface area contributed by atoms with Crippen LogP contribution in [0.1, 0.15) is 26.7 Å². The zero-order valence-corrected chi connectivity index (χ0v) is 9.03. The van der Waals surface area contributed by atoms with Crippen LogP contribution in [0.15, 0.2) is 0 Å². The minimum Gasteiger partial charge on any atom is -0.371 e. The fourth-order valence-corrected chi connectivity index (χ4v) is 1.18. The van der Waals surface area contributed by atoms with Crippen LogP contribution in [0.5, 0.6) is 0 Å². The quantitative estimate of drug-likeness (QED) is 0.657. The molecule has 14 heavy (non-hydrogen) atoms. The van der Waals surface area contributed by atoms with Crippen molar-refractivity contribution >= 4 is 0 Å². The third-order valence-electron chi connectivity index (χ3n) is 1.83. The van der Waals surface area contributed by atoms with E-state index in [0.29, 0.717) is 26.4 Å². The van der Waals surface area contributed by atoms with Crippen molar-refractivity contribution in [3.05, 3.63) is 0 Å². The van der Waals surface area contributed by atoms with Gasteiger partial charge in [0.05, 0.1) is 13.2 Å². The van der Waals surface area contributed by atoms with E-state index >= 15 is 0 Å². The van der Waals surface area contributed by atoms with Crippen LogP contribution in [0.3, 0.4) is 0 Å². The van der Waals surface area contributed by atoms with Crippen molar-refractivity contribution in [2.45, 2.75) is 39.3 Å². The average molecular weight is 204 g/mol. The molecule has 4 heteroatoms. The summed E-state index contributed by atoms with van der Waals surface area (Å²) in [7, 11) is 0. The second-order valence-corrected chi connectivity index (χ2v) is 3.27. The Hall–Kier alpha value is -0.160. The molecule has 1 rings (SSSR count). The number of rotatable bonds is 6. The highest BCUT2D eigenvalue weighted by atomic mass is 16.8. The van der Waals surface area contributed by atoms with Gasteiger partial charge in [0.25, 0.3) is 0 Å². The first-order valence-corrected chi connectivity index (χ1v) is 5.33. The molecule has 0 N–H and O–H groups in total. The topological polar surface area (TPSA) is 36.9 Å². The molecule has 84 valence electrons. The smallest absolute Gasteiger partial charge is 0.184 e. The van der Waals surface area contributed by atoms with Gasteiger partial charge < -0.3 is 18.9 Å². The molecule has 0 aromatic heterocycles. The van der Waals surface area contributed by atoms with Gasteiger partial charge in [0, 0.05) is 13.2 Å². The summed E-state index contributed by atoms with van der Waals surface area (Å²) in [6.07, 6.45) is 1.46. The van der Waals surface area contributed by atoms with Gasteiger partial charge in [-0.3, -0.25) is 0 Å². The Bertz CT molecular complexity index is 126. The Morgan fingerprint density at radius 1 is 1.00 bits per heavy atom. The van der Waals surface area contributed by atoms with Crippen molar-refractivity contribution in [2.24, 2.45) is 0 Å². The second-order valence-electron chi connectivity index (χ2n) is 3.27. The number of ether oxygens (including phenoxy) is 4. The molecule has 0 aromatic carbocycles. The summed E-state index contributed by atoms with van der Waals surface area (Å²) in [6, 6.07) is 0. The number of hydrogen-bond acceptors (Lipinski definition) is 4. The van der Waals surface area contributed by atoms with Crippen LogP contribution in [-0.4, -0.2) is 39.0 Å². The predicted octanol–water partition coefficient (Wildman–Crippen LogP) is 1.54. The lowest BCUT2D eigenvalue weighted by atomic mass is 10.5. The highest BCUT2D eigenvalue weighted by molar-refractivity contribution is 4.54. The molecule has 0 aliphatic carbocycles. The van der Waals surface area contributed by atoms with Gasteiger partial charge in [-0.25, -0.2) is 0 Å². The van der Waals surface area contributed by atoms with Crippen molar-refractivity contribution in [3.8, 4) is 0 Å². The summed E-state index contributed by atoms with van der Waals surface area (Å²) in [4.78, 5) is 0. The van der Waals surface area contributed by atoms with Crippen LogP contribution < -0.4 is 0 Å². The van der Waals surface area contributed by atoms with Crippen LogP contribution in [0.4, 0.5) is 0 Å². The molecular formula is C10H20O4. The van der Waals surface area contributed by atoms with Crippen molar-refractivity contribution in [3.63, 3.8) is 0 Å². The van der Waals surface area contributed by atoms with Gasteiger partial charge in [-0.15, -0.1) is 0 Å². The lowest BCUT2D eigenvalue weighted by Gasteiger charge is -2.29. The first-order valence-electron chi connectivity index (χ1n) is 5.33. The average Bonchev–Trinajstić information content (AvgIpc) is 2.24. The fourth-order valence-electron chi connectivity index (χ4n) is 1.18. The van der Waals surface area contributed by atoms with Crippen LogP contribution in [-0.2, 0) is 18.9 Å². The highest BCUT2D eigenvalue weighted by Gasteiger charge is 2.23. The molecule has 0 spiro atoms. The molecule has 1 aliphatic heterocycles. The zero-order valence-electron chi connectivity index (χ0n) is 9.03. The molecule has 1 fully saturated rings. The third kappa shape index (κ3) is 4.37. The molecule has 0 radical (unpaired) electrons. The van der Waals surface area contributed by atoms with Gasteiger partial charge in [-0.2, -0.15) is 0 Å². The van der Waals surface area contributed by atoms with Crippen LogP contribution in [0.25, 0.3) is 0 Å². The molecule has 1 aliphatic rings. The third-order valence-corrected chi connectivity index (χ3v) is 1.83. The number of hydrogen-bond donors (Lipinski definition) is 0. The van der Waals surface area contributed by atoms with Gasteiger partial charge >= 0.3 is 0 Å². The SMILES string of the molecule is CCCOC1COCC(OCCC)O1. The maximum atomic E-state index is 5.52. The van der Waals surface area contributed by atoms with Crippen molar-refractivity contribution in [2.75, 3.05) is 26.4 Å². The van der Waals surface area contributed by atoms with Crippen LogP contribution in [0.2, 0.25) is 0 Å². The lowest BCUT2D eigenvalue weighted by Crippen LogP contribution is -2.39. The Kier molecular flexibility index (Phi) is 6.10. The Morgan fingerprint density at radius 2 is 1.50 bits per heavy atom. The molecule has 4 nitrogen and oxygen atoms in total. The minimum atomic E-state index is -0.259. The maximum Gasteiger partial charge on any atom is 0.184 e. The van der Waals surface area contributed by atoms with Gasteiger partial charge in [0.2, 0.25) is 0 Å². The Morgan fingerprint density at radius 3 is 1.93 bits per heavy atom. The summed E-state index contributed by atoms with van der Waals surface area (Å²) < 4.78 is 21.7. The largest absolute Gasteiger partial charge is 0.371 e. The van der Waals surface area contributed by atoms with Crippen molar-refractivity contribution in [1.82, 2.24) is 0 Å². The van der Waals surface area contributed by atoms with E-state index in [0.717, 1.165) is 12.8 Å². The zero-order chi connectivity index (χ0) is 10.2. The summed E-state index contributed by atoms with van der Waals surface area (Å²) in [5.74, 6) is 0. The monoisotopic (exact) mass is 204 g/mol. The van der Waals surface area contributed by atoms with Crippen molar-refractivity contribution in [1.29, 1.82) is 0 Å². The molecule has 1 heterocycles. The van der Waals surface area contributed by atoms with Crippen LogP contribution >= 0.6 is 0 Å². The Labute approximate surface area is 85.5 Å². The van der Waals surface area contributed by atoms with Gasteiger partial charge in [-0.05, 0) is 12.8 Å². The highest BCUT2D eigenvalue weighted by Crippen LogP contribution is 2.10. The second kappa shape index (κ2) is 7.17. The van der Waals surface area contributed by atoms with E-state index in [-0.39, 0.29) is 12.6 Å². The molecule has 0 amide bonds. The first-order chi connectivity index (χ1) is 6.86. The van der Waals surface area contributed by atoms with E-state index in [1.807, 2.05) is 0 Å².